The van der Waals surface area contributed by atoms with Gasteiger partial charge in [-0.2, -0.15) is 5.10 Å². The molecule has 17 heavy (non-hydrogen) atoms. The summed E-state index contributed by atoms with van der Waals surface area (Å²) in [5, 5.41) is 16.9. The lowest BCUT2D eigenvalue weighted by molar-refractivity contribution is 0.410. The first-order chi connectivity index (χ1) is 8.13. The third-order valence-electron chi connectivity index (χ3n) is 2.52. The Bertz CT molecular complexity index is 520. The highest BCUT2D eigenvalue weighted by molar-refractivity contribution is 5.75. The second kappa shape index (κ2) is 4.37. The Morgan fingerprint density at radius 3 is 2.71 bits per heavy atom. The van der Waals surface area contributed by atoms with Gasteiger partial charge in [-0.25, -0.2) is 0 Å². The molecule has 90 valence electrons. The number of aromatic nitrogens is 2. The van der Waals surface area contributed by atoms with Gasteiger partial charge in [0.1, 0.15) is 17.3 Å². The molecule has 2 N–H and O–H groups in total. The molecule has 0 atom stereocenters. The number of phenolic OH excluding ortho intramolecular Hbond substituents is 1. The maximum Gasteiger partial charge on any atom is 0.150 e. The first kappa shape index (κ1) is 11.3. The van der Waals surface area contributed by atoms with Crippen molar-refractivity contribution < 1.29 is 9.84 Å². The predicted molar refractivity (Wildman–Crippen MR) is 66.6 cm³/mol. The fourth-order valence-corrected chi connectivity index (χ4v) is 1.63. The van der Waals surface area contributed by atoms with E-state index in [1.54, 1.807) is 25.3 Å². The quantitative estimate of drug-likeness (QED) is 0.849. The van der Waals surface area contributed by atoms with Crippen molar-refractivity contribution in [2.45, 2.75) is 0 Å². The molecular formula is C12H15N3O2. The van der Waals surface area contributed by atoms with Crippen molar-refractivity contribution in [1.82, 2.24) is 10.2 Å². The number of aromatic hydroxyl groups is 1. The van der Waals surface area contributed by atoms with Crippen LogP contribution in [0, 0.1) is 0 Å². The smallest absolute Gasteiger partial charge is 0.150 e. The van der Waals surface area contributed by atoms with E-state index in [1.807, 2.05) is 25.1 Å². The molecule has 0 saturated heterocycles. The molecule has 0 spiro atoms. The molecule has 0 aliphatic rings. The van der Waals surface area contributed by atoms with Crippen LogP contribution in [0.3, 0.4) is 0 Å². The van der Waals surface area contributed by atoms with Crippen LogP contribution in [0.4, 0.5) is 5.82 Å². The largest absolute Gasteiger partial charge is 0.507 e. The molecule has 1 heterocycles. The number of hydrogen-bond acceptors (Lipinski definition) is 4. The average Bonchev–Trinajstić information content (AvgIpc) is 2.77. The normalized spacial score (nSPS) is 10.3. The minimum absolute atomic E-state index is 0.165. The zero-order chi connectivity index (χ0) is 12.4. The summed E-state index contributed by atoms with van der Waals surface area (Å²) in [6.45, 7) is 0. The van der Waals surface area contributed by atoms with Gasteiger partial charge in [0.2, 0.25) is 0 Å². The molecule has 5 nitrogen and oxygen atoms in total. The maximum absolute atomic E-state index is 9.88. The van der Waals surface area contributed by atoms with Crippen molar-refractivity contribution in [1.29, 1.82) is 0 Å². The number of rotatable bonds is 3. The summed E-state index contributed by atoms with van der Waals surface area (Å²) in [6.07, 6.45) is 0. The molecule has 0 fully saturated rings. The van der Waals surface area contributed by atoms with Crippen LogP contribution in [0.1, 0.15) is 0 Å². The van der Waals surface area contributed by atoms with E-state index in [1.165, 1.54) is 0 Å². The zero-order valence-electron chi connectivity index (χ0n) is 10.1. The lowest BCUT2D eigenvalue weighted by Gasteiger charge is -2.08. The number of nitrogens with one attached hydrogen (secondary N) is 1. The summed E-state index contributed by atoms with van der Waals surface area (Å²) >= 11 is 0. The Kier molecular flexibility index (Phi) is 2.91. The van der Waals surface area contributed by atoms with Crippen LogP contribution in [0.15, 0.2) is 24.3 Å². The number of anilines is 1. The third-order valence-corrected chi connectivity index (χ3v) is 2.52. The molecule has 0 amide bonds. The molecule has 1 aromatic heterocycles. The molecule has 0 saturated carbocycles. The summed E-state index contributed by atoms with van der Waals surface area (Å²) in [5.41, 5.74) is 1.35. The number of benzene rings is 1. The first-order valence-electron chi connectivity index (χ1n) is 5.22. The third kappa shape index (κ3) is 2.04. The monoisotopic (exact) mass is 233 g/mol. The van der Waals surface area contributed by atoms with Crippen LogP contribution in [-0.2, 0) is 0 Å². The molecule has 0 bridgehead atoms. The van der Waals surface area contributed by atoms with Crippen molar-refractivity contribution in [3.05, 3.63) is 24.3 Å². The van der Waals surface area contributed by atoms with Crippen LogP contribution in [-0.4, -0.2) is 36.5 Å². The maximum atomic E-state index is 9.88. The Morgan fingerprint density at radius 1 is 1.35 bits per heavy atom. The van der Waals surface area contributed by atoms with Gasteiger partial charge < -0.3 is 14.7 Å². The molecule has 0 aliphatic heterocycles. The lowest BCUT2D eigenvalue weighted by atomic mass is 10.1. The second-order valence-corrected chi connectivity index (χ2v) is 3.89. The van der Waals surface area contributed by atoms with E-state index < -0.39 is 0 Å². The van der Waals surface area contributed by atoms with E-state index in [2.05, 4.69) is 10.2 Å². The van der Waals surface area contributed by atoms with Crippen molar-refractivity contribution in [2.75, 3.05) is 26.1 Å². The van der Waals surface area contributed by atoms with Gasteiger partial charge >= 0.3 is 0 Å². The summed E-state index contributed by atoms with van der Waals surface area (Å²) in [6, 6.07) is 7.01. The van der Waals surface area contributed by atoms with Crippen LogP contribution >= 0.6 is 0 Å². The van der Waals surface area contributed by atoms with E-state index in [9.17, 15) is 5.11 Å². The topological polar surface area (TPSA) is 61.4 Å². The molecule has 5 heteroatoms. The van der Waals surface area contributed by atoms with Crippen molar-refractivity contribution in [2.24, 2.45) is 0 Å². The van der Waals surface area contributed by atoms with Crippen molar-refractivity contribution in [3.8, 4) is 22.8 Å². The van der Waals surface area contributed by atoms with Gasteiger partial charge in [0.25, 0.3) is 0 Å². The second-order valence-electron chi connectivity index (χ2n) is 3.89. The number of hydrogen-bond donors (Lipinski definition) is 2. The van der Waals surface area contributed by atoms with Crippen LogP contribution < -0.4 is 9.64 Å². The Hall–Kier alpha value is -2.17. The fourth-order valence-electron chi connectivity index (χ4n) is 1.63. The van der Waals surface area contributed by atoms with Crippen LogP contribution in [0.25, 0.3) is 11.3 Å². The van der Waals surface area contributed by atoms with Crippen molar-refractivity contribution >= 4 is 5.82 Å². The van der Waals surface area contributed by atoms with Gasteiger partial charge in [0.15, 0.2) is 0 Å². The van der Waals surface area contributed by atoms with Crippen molar-refractivity contribution in [3.63, 3.8) is 0 Å². The number of ether oxygens (including phenoxy) is 1. The SMILES string of the molecule is COc1cccc(O)c1-c1cc(N(C)C)n[nH]1. The summed E-state index contributed by atoms with van der Waals surface area (Å²) in [4.78, 5) is 1.88. The summed E-state index contributed by atoms with van der Waals surface area (Å²) in [7, 11) is 5.38. The Balaban J connectivity index is 2.51. The highest BCUT2D eigenvalue weighted by Crippen LogP contribution is 2.37. The molecule has 1 aromatic carbocycles. The molecule has 0 unspecified atom stereocenters. The zero-order valence-corrected chi connectivity index (χ0v) is 10.1. The van der Waals surface area contributed by atoms with Crippen LogP contribution in [0.2, 0.25) is 0 Å². The van der Waals surface area contributed by atoms with Gasteiger partial charge in [0.05, 0.1) is 18.4 Å². The summed E-state index contributed by atoms with van der Waals surface area (Å²) in [5.74, 6) is 1.57. The molecule has 0 aliphatic carbocycles. The standard InChI is InChI=1S/C12H15N3O2/c1-15(2)11-7-8(13-14-11)12-9(16)5-4-6-10(12)17-3/h4-7,16H,1-3H3,(H,13,14). The molecule has 2 aromatic rings. The number of aromatic amines is 1. The average molecular weight is 233 g/mol. The van der Waals surface area contributed by atoms with Gasteiger partial charge in [-0.1, -0.05) is 6.07 Å². The fraction of sp³-hybridized carbons (Fsp3) is 0.250. The van der Waals surface area contributed by atoms with Gasteiger partial charge in [-0.15, -0.1) is 0 Å². The molecule has 0 radical (unpaired) electrons. The summed E-state index contributed by atoms with van der Waals surface area (Å²) < 4.78 is 5.23. The van der Waals surface area contributed by atoms with E-state index in [4.69, 9.17) is 4.74 Å². The number of nitrogens with zero attached hydrogens (tertiary/aromatic N) is 2. The first-order valence-corrected chi connectivity index (χ1v) is 5.22. The van der Waals surface area contributed by atoms with E-state index in [0.717, 1.165) is 11.5 Å². The highest BCUT2D eigenvalue weighted by atomic mass is 16.5. The van der Waals surface area contributed by atoms with E-state index in [-0.39, 0.29) is 5.75 Å². The van der Waals surface area contributed by atoms with Crippen LogP contribution in [0.5, 0.6) is 11.5 Å². The Labute approximate surface area is 99.6 Å². The Morgan fingerprint density at radius 2 is 2.12 bits per heavy atom. The molecule has 2 rings (SSSR count). The van der Waals surface area contributed by atoms with Gasteiger partial charge in [-0.05, 0) is 12.1 Å². The van der Waals surface area contributed by atoms with E-state index in [0.29, 0.717) is 11.3 Å². The minimum atomic E-state index is 0.165. The minimum Gasteiger partial charge on any atom is -0.507 e. The predicted octanol–water partition coefficient (Wildman–Crippen LogP) is 1.86. The number of phenols is 1. The number of H-pyrrole nitrogens is 1. The number of methoxy groups -OCH3 is 1. The van der Waals surface area contributed by atoms with Gasteiger partial charge in [0, 0.05) is 20.2 Å². The lowest BCUT2D eigenvalue weighted by Crippen LogP contribution is -2.08. The highest BCUT2D eigenvalue weighted by Gasteiger charge is 2.14. The van der Waals surface area contributed by atoms with Gasteiger partial charge in [-0.3, -0.25) is 5.10 Å². The van der Waals surface area contributed by atoms with E-state index >= 15 is 0 Å². The molecular weight excluding hydrogens is 218 g/mol.